The molecule has 2 aliphatic rings. The molecule has 4 nitrogen and oxygen atoms in total. The molecular formula is C13H20O4. The summed E-state index contributed by atoms with van der Waals surface area (Å²) in [5.41, 5.74) is 0.448. The van der Waals surface area contributed by atoms with E-state index < -0.39 is 11.9 Å². The second kappa shape index (κ2) is 3.72. The van der Waals surface area contributed by atoms with Gasteiger partial charge in [0.2, 0.25) is 0 Å². The van der Waals surface area contributed by atoms with Crippen LogP contribution in [0.3, 0.4) is 0 Å². The highest BCUT2D eigenvalue weighted by atomic mass is 16.6. The molecule has 96 valence electrons. The maximum Gasteiger partial charge on any atom is 0.417 e. The van der Waals surface area contributed by atoms with Crippen molar-refractivity contribution < 1.29 is 19.4 Å². The molecule has 0 aliphatic heterocycles. The van der Waals surface area contributed by atoms with Crippen molar-refractivity contribution >= 4 is 11.9 Å². The highest BCUT2D eigenvalue weighted by Gasteiger charge is 2.61. The maximum absolute atomic E-state index is 10.9. The van der Waals surface area contributed by atoms with Crippen LogP contribution in [0.4, 0.5) is 0 Å². The maximum atomic E-state index is 10.9. The Balaban J connectivity index is 2.01. The predicted octanol–water partition coefficient (Wildman–Crippen LogP) is 2.08. The molecule has 2 fully saturated rings. The van der Waals surface area contributed by atoms with Crippen LogP contribution in [0.5, 0.6) is 0 Å². The van der Waals surface area contributed by atoms with Crippen LogP contribution in [0.15, 0.2) is 0 Å². The quantitative estimate of drug-likeness (QED) is 0.593. The molecule has 17 heavy (non-hydrogen) atoms. The Morgan fingerprint density at radius 2 is 2.00 bits per heavy atom. The van der Waals surface area contributed by atoms with E-state index >= 15 is 0 Å². The van der Waals surface area contributed by atoms with Gasteiger partial charge in [-0.2, -0.15) is 0 Å². The number of hydrogen-bond acceptors (Lipinski definition) is 3. The van der Waals surface area contributed by atoms with Crippen LogP contribution in [-0.4, -0.2) is 23.7 Å². The Hall–Kier alpha value is -1.06. The number of ether oxygens (including phenoxy) is 1. The lowest BCUT2D eigenvalue weighted by atomic mass is 9.67. The minimum atomic E-state index is -1.50. The largest absolute Gasteiger partial charge is 0.473 e. The average molecular weight is 240 g/mol. The predicted molar refractivity (Wildman–Crippen MR) is 61.3 cm³/mol. The molecule has 0 spiro atoms. The minimum Gasteiger partial charge on any atom is -0.473 e. The summed E-state index contributed by atoms with van der Waals surface area (Å²) in [6.07, 6.45) is 3.45. The van der Waals surface area contributed by atoms with Gasteiger partial charge < -0.3 is 9.84 Å². The van der Waals surface area contributed by atoms with E-state index in [1.165, 1.54) is 6.42 Å². The third kappa shape index (κ3) is 1.65. The third-order valence-corrected chi connectivity index (χ3v) is 5.57. The summed E-state index contributed by atoms with van der Waals surface area (Å²) >= 11 is 0. The van der Waals surface area contributed by atoms with E-state index in [0.29, 0.717) is 11.8 Å². The van der Waals surface area contributed by atoms with Gasteiger partial charge in [0.15, 0.2) is 0 Å². The smallest absolute Gasteiger partial charge is 0.417 e. The minimum absolute atomic E-state index is 0.177. The molecule has 1 N–H and O–H groups in total. The van der Waals surface area contributed by atoms with Crippen molar-refractivity contribution in [2.45, 2.75) is 40.0 Å². The van der Waals surface area contributed by atoms with Crippen molar-refractivity contribution in [3.63, 3.8) is 0 Å². The number of carboxylic acids is 1. The molecule has 0 radical (unpaired) electrons. The van der Waals surface area contributed by atoms with Gasteiger partial charge in [0.05, 0.1) is 6.61 Å². The molecule has 0 saturated heterocycles. The molecule has 3 atom stereocenters. The first kappa shape index (κ1) is 12.4. The molecule has 2 rings (SSSR count). The zero-order chi connectivity index (χ0) is 12.8. The van der Waals surface area contributed by atoms with Crippen LogP contribution in [0.25, 0.3) is 0 Å². The van der Waals surface area contributed by atoms with Gasteiger partial charge in [-0.1, -0.05) is 20.8 Å². The molecule has 4 heteroatoms. The second-order valence-corrected chi connectivity index (χ2v) is 6.21. The number of fused-ring (bicyclic) bond motifs is 2. The average Bonchev–Trinajstić information content (AvgIpc) is 2.57. The SMILES string of the molecule is CC1(C)C2CCC1(C)C(COC(=O)C(=O)O)C2. The van der Waals surface area contributed by atoms with E-state index in [0.717, 1.165) is 12.8 Å². The summed E-state index contributed by atoms with van der Waals surface area (Å²) in [6, 6.07) is 0. The molecule has 2 aliphatic carbocycles. The Morgan fingerprint density at radius 1 is 1.35 bits per heavy atom. The van der Waals surface area contributed by atoms with Crippen molar-refractivity contribution in [2.75, 3.05) is 6.61 Å². The summed E-state index contributed by atoms with van der Waals surface area (Å²) in [7, 11) is 0. The van der Waals surface area contributed by atoms with Gasteiger partial charge in [-0.05, 0) is 41.9 Å². The summed E-state index contributed by atoms with van der Waals surface area (Å²) < 4.78 is 4.86. The third-order valence-electron chi connectivity index (χ3n) is 5.57. The molecule has 0 aromatic carbocycles. The second-order valence-electron chi connectivity index (χ2n) is 6.21. The first-order chi connectivity index (χ1) is 7.79. The van der Waals surface area contributed by atoms with Crippen molar-refractivity contribution in [3.8, 4) is 0 Å². The fourth-order valence-electron chi connectivity index (χ4n) is 3.86. The summed E-state index contributed by atoms with van der Waals surface area (Å²) in [5.74, 6) is -1.65. The number of carboxylic acid groups (broad SMARTS) is 1. The molecular weight excluding hydrogens is 220 g/mol. The number of carbonyl (C=O) groups is 2. The number of hydrogen-bond donors (Lipinski definition) is 1. The van der Waals surface area contributed by atoms with Crippen molar-refractivity contribution in [1.82, 2.24) is 0 Å². The van der Waals surface area contributed by atoms with Crippen LogP contribution < -0.4 is 0 Å². The number of esters is 1. The fourth-order valence-corrected chi connectivity index (χ4v) is 3.86. The lowest BCUT2D eigenvalue weighted by Gasteiger charge is -2.38. The number of carbonyl (C=O) groups excluding carboxylic acids is 1. The van der Waals surface area contributed by atoms with E-state index in [-0.39, 0.29) is 17.4 Å². The summed E-state index contributed by atoms with van der Waals surface area (Å²) in [4.78, 5) is 21.3. The van der Waals surface area contributed by atoms with Gasteiger partial charge in [-0.15, -0.1) is 0 Å². The standard InChI is InChI=1S/C13H20O4/c1-12(2)8-4-5-13(12,3)9(6-8)7-17-11(16)10(14)15/h8-9H,4-7H2,1-3H3,(H,14,15). The Kier molecular flexibility index (Phi) is 2.71. The molecule has 2 saturated carbocycles. The van der Waals surface area contributed by atoms with Gasteiger partial charge in [-0.25, -0.2) is 9.59 Å². The van der Waals surface area contributed by atoms with Gasteiger partial charge in [0, 0.05) is 0 Å². The lowest BCUT2D eigenvalue weighted by Crippen LogP contribution is -2.35. The van der Waals surface area contributed by atoms with Gasteiger partial charge in [0.25, 0.3) is 0 Å². The topological polar surface area (TPSA) is 63.6 Å². The van der Waals surface area contributed by atoms with Crippen LogP contribution in [0.1, 0.15) is 40.0 Å². The number of aliphatic carboxylic acids is 1. The highest BCUT2D eigenvalue weighted by Crippen LogP contribution is 2.68. The summed E-state index contributed by atoms with van der Waals surface area (Å²) in [5, 5.41) is 8.48. The molecule has 0 aromatic rings. The molecule has 2 bridgehead atoms. The Morgan fingerprint density at radius 3 is 2.41 bits per heavy atom. The van der Waals surface area contributed by atoms with Crippen LogP contribution >= 0.6 is 0 Å². The van der Waals surface area contributed by atoms with E-state index in [9.17, 15) is 9.59 Å². The molecule has 0 heterocycles. The van der Waals surface area contributed by atoms with Crippen LogP contribution in [0.2, 0.25) is 0 Å². The van der Waals surface area contributed by atoms with Gasteiger partial charge in [-0.3, -0.25) is 0 Å². The summed E-state index contributed by atoms with van der Waals surface area (Å²) in [6.45, 7) is 7.06. The Labute approximate surface area is 101 Å². The number of rotatable bonds is 2. The van der Waals surface area contributed by atoms with E-state index in [4.69, 9.17) is 9.84 Å². The van der Waals surface area contributed by atoms with Crippen LogP contribution in [-0.2, 0) is 14.3 Å². The highest BCUT2D eigenvalue weighted by molar-refractivity contribution is 6.28. The first-order valence-electron chi connectivity index (χ1n) is 6.19. The van der Waals surface area contributed by atoms with E-state index in [1.807, 2.05) is 0 Å². The fraction of sp³-hybridized carbons (Fsp3) is 0.846. The van der Waals surface area contributed by atoms with Crippen LogP contribution in [0, 0.1) is 22.7 Å². The normalized spacial score (nSPS) is 38.1. The molecule has 3 unspecified atom stereocenters. The molecule has 0 amide bonds. The van der Waals surface area contributed by atoms with E-state index in [2.05, 4.69) is 20.8 Å². The van der Waals surface area contributed by atoms with Crippen molar-refractivity contribution in [3.05, 3.63) is 0 Å². The van der Waals surface area contributed by atoms with Gasteiger partial charge in [0.1, 0.15) is 0 Å². The zero-order valence-corrected chi connectivity index (χ0v) is 10.7. The zero-order valence-electron chi connectivity index (χ0n) is 10.7. The van der Waals surface area contributed by atoms with Crippen molar-refractivity contribution in [2.24, 2.45) is 22.7 Å². The first-order valence-corrected chi connectivity index (χ1v) is 6.19. The van der Waals surface area contributed by atoms with Crippen molar-refractivity contribution in [1.29, 1.82) is 0 Å². The lowest BCUT2D eigenvalue weighted by molar-refractivity contribution is -0.165. The van der Waals surface area contributed by atoms with Gasteiger partial charge >= 0.3 is 11.9 Å². The Bertz CT molecular complexity index is 360. The molecule has 0 aromatic heterocycles. The monoisotopic (exact) mass is 240 g/mol. The van der Waals surface area contributed by atoms with E-state index in [1.54, 1.807) is 0 Å².